The number of nitrogens with one attached hydrogen (secondary N) is 2. The first-order chi connectivity index (χ1) is 9.88. The molecule has 6 nitrogen and oxygen atoms in total. The molecule has 1 heterocycles. The van der Waals surface area contributed by atoms with Crippen molar-refractivity contribution in [3.05, 3.63) is 28.8 Å². The largest absolute Gasteiger partial charge is 0.478 e. The van der Waals surface area contributed by atoms with E-state index in [9.17, 15) is 14.4 Å². The molecule has 0 saturated carbocycles. The lowest BCUT2D eigenvalue weighted by Crippen LogP contribution is -2.40. The lowest BCUT2D eigenvalue weighted by atomic mass is 9.97. The van der Waals surface area contributed by atoms with Crippen LogP contribution in [0, 0.1) is 19.8 Å². The molecule has 6 heteroatoms. The fraction of sp³-hybridized carbons (Fsp3) is 0.400. The van der Waals surface area contributed by atoms with Gasteiger partial charge in [0.2, 0.25) is 11.8 Å². The van der Waals surface area contributed by atoms with Crippen LogP contribution >= 0.6 is 0 Å². The summed E-state index contributed by atoms with van der Waals surface area (Å²) in [6, 6.07) is 3.21. The monoisotopic (exact) mass is 290 g/mol. The molecule has 0 aliphatic carbocycles. The van der Waals surface area contributed by atoms with Crippen LogP contribution in [-0.4, -0.2) is 29.4 Å². The average molecular weight is 290 g/mol. The quantitative estimate of drug-likeness (QED) is 0.785. The minimum atomic E-state index is -1.02. The number of aryl methyl sites for hydroxylation is 1. The molecule has 1 aromatic rings. The Morgan fingerprint density at radius 2 is 2.05 bits per heavy atom. The molecule has 0 aromatic heterocycles. The Labute approximate surface area is 122 Å². The number of amides is 2. The molecular formula is C15H18N2O4. The van der Waals surface area contributed by atoms with Crippen molar-refractivity contribution < 1.29 is 19.5 Å². The second-order valence-corrected chi connectivity index (χ2v) is 5.30. The van der Waals surface area contributed by atoms with Crippen LogP contribution in [0.5, 0.6) is 0 Å². The SMILES string of the molecule is Cc1cc(NC(=O)C2CCC(=O)NC2)cc(C(=O)O)c1C. The van der Waals surface area contributed by atoms with E-state index in [1.807, 2.05) is 0 Å². The average Bonchev–Trinajstić information content (AvgIpc) is 2.43. The minimum absolute atomic E-state index is 0.0432. The first kappa shape index (κ1) is 15.0. The van der Waals surface area contributed by atoms with Gasteiger partial charge in [-0.1, -0.05) is 0 Å². The zero-order chi connectivity index (χ0) is 15.6. The van der Waals surface area contributed by atoms with Crippen LogP contribution in [0.25, 0.3) is 0 Å². The second-order valence-electron chi connectivity index (χ2n) is 5.30. The zero-order valence-corrected chi connectivity index (χ0v) is 12.0. The number of piperidine rings is 1. The van der Waals surface area contributed by atoms with Gasteiger partial charge in [-0.3, -0.25) is 9.59 Å². The van der Waals surface area contributed by atoms with Crippen LogP contribution in [0.4, 0.5) is 5.69 Å². The molecule has 2 amide bonds. The number of carbonyl (C=O) groups is 3. The molecule has 1 aliphatic rings. The Morgan fingerprint density at radius 1 is 1.33 bits per heavy atom. The molecule has 0 bridgehead atoms. The molecule has 1 aliphatic heterocycles. The molecule has 1 saturated heterocycles. The highest BCUT2D eigenvalue weighted by molar-refractivity contribution is 5.96. The highest BCUT2D eigenvalue weighted by Crippen LogP contribution is 2.21. The van der Waals surface area contributed by atoms with Crippen molar-refractivity contribution in [1.29, 1.82) is 0 Å². The van der Waals surface area contributed by atoms with Crippen LogP contribution in [0.2, 0.25) is 0 Å². The van der Waals surface area contributed by atoms with Gasteiger partial charge in [0.15, 0.2) is 0 Å². The fourth-order valence-electron chi connectivity index (χ4n) is 2.35. The van der Waals surface area contributed by atoms with Crippen LogP contribution in [0.15, 0.2) is 12.1 Å². The molecular weight excluding hydrogens is 272 g/mol. The maximum atomic E-state index is 12.1. The van der Waals surface area contributed by atoms with Gasteiger partial charge in [0, 0.05) is 18.7 Å². The first-order valence-corrected chi connectivity index (χ1v) is 6.80. The van der Waals surface area contributed by atoms with Crippen molar-refractivity contribution in [1.82, 2.24) is 5.32 Å². The lowest BCUT2D eigenvalue weighted by Gasteiger charge is -2.22. The Bertz CT molecular complexity index is 600. The van der Waals surface area contributed by atoms with E-state index in [4.69, 9.17) is 5.11 Å². The van der Waals surface area contributed by atoms with Crippen molar-refractivity contribution in [2.45, 2.75) is 26.7 Å². The molecule has 3 N–H and O–H groups in total. The van der Waals surface area contributed by atoms with Crippen molar-refractivity contribution in [3.8, 4) is 0 Å². The van der Waals surface area contributed by atoms with Gasteiger partial charge in [0.05, 0.1) is 11.5 Å². The molecule has 0 spiro atoms. The van der Waals surface area contributed by atoms with Crippen molar-refractivity contribution in [2.24, 2.45) is 5.92 Å². The summed E-state index contributed by atoms with van der Waals surface area (Å²) in [6.07, 6.45) is 0.847. The first-order valence-electron chi connectivity index (χ1n) is 6.80. The number of anilines is 1. The predicted molar refractivity (Wildman–Crippen MR) is 77.2 cm³/mol. The Hall–Kier alpha value is -2.37. The summed E-state index contributed by atoms with van der Waals surface area (Å²) < 4.78 is 0. The van der Waals surface area contributed by atoms with Crippen LogP contribution in [0.1, 0.15) is 34.3 Å². The van der Waals surface area contributed by atoms with Crippen molar-refractivity contribution >= 4 is 23.5 Å². The summed E-state index contributed by atoms with van der Waals surface area (Å²) in [6.45, 7) is 3.86. The maximum Gasteiger partial charge on any atom is 0.336 e. The molecule has 21 heavy (non-hydrogen) atoms. The molecule has 1 unspecified atom stereocenters. The number of aromatic carboxylic acids is 1. The van der Waals surface area contributed by atoms with Gasteiger partial charge >= 0.3 is 5.97 Å². The van der Waals surface area contributed by atoms with Gasteiger partial charge in [-0.25, -0.2) is 4.79 Å². The van der Waals surface area contributed by atoms with E-state index in [1.165, 1.54) is 6.07 Å². The van der Waals surface area contributed by atoms with E-state index >= 15 is 0 Å². The van der Waals surface area contributed by atoms with E-state index in [2.05, 4.69) is 10.6 Å². The summed E-state index contributed by atoms with van der Waals surface area (Å²) in [5.74, 6) is -1.54. The highest BCUT2D eigenvalue weighted by atomic mass is 16.4. The Morgan fingerprint density at radius 3 is 2.62 bits per heavy atom. The summed E-state index contributed by atoms with van der Waals surface area (Å²) in [5, 5.41) is 14.6. The second kappa shape index (κ2) is 5.95. The zero-order valence-electron chi connectivity index (χ0n) is 12.0. The summed E-state index contributed by atoms with van der Waals surface area (Å²) in [4.78, 5) is 34.4. The number of rotatable bonds is 3. The van der Waals surface area contributed by atoms with Crippen LogP contribution < -0.4 is 10.6 Å². The third kappa shape index (κ3) is 3.39. The smallest absolute Gasteiger partial charge is 0.336 e. The fourth-order valence-corrected chi connectivity index (χ4v) is 2.35. The molecule has 112 valence electrons. The Balaban J connectivity index is 2.14. The van der Waals surface area contributed by atoms with Crippen molar-refractivity contribution in [3.63, 3.8) is 0 Å². The van der Waals surface area contributed by atoms with E-state index < -0.39 is 5.97 Å². The summed E-state index contributed by atoms with van der Waals surface area (Å²) in [5.41, 5.74) is 2.15. The third-order valence-corrected chi connectivity index (χ3v) is 3.80. The normalized spacial score (nSPS) is 18.0. The molecule has 0 radical (unpaired) electrons. The molecule has 2 rings (SSSR count). The van der Waals surface area contributed by atoms with E-state index in [0.29, 0.717) is 30.6 Å². The Kier molecular flexibility index (Phi) is 4.26. The number of carbonyl (C=O) groups excluding carboxylic acids is 2. The number of benzene rings is 1. The lowest BCUT2D eigenvalue weighted by molar-refractivity contribution is -0.126. The molecule has 1 aromatic carbocycles. The van der Waals surface area contributed by atoms with Gasteiger partial charge in [-0.05, 0) is 43.5 Å². The summed E-state index contributed by atoms with van der Waals surface area (Å²) >= 11 is 0. The highest BCUT2D eigenvalue weighted by Gasteiger charge is 2.24. The molecule has 1 fully saturated rings. The minimum Gasteiger partial charge on any atom is -0.478 e. The van der Waals surface area contributed by atoms with Gasteiger partial charge in [0.25, 0.3) is 0 Å². The topological polar surface area (TPSA) is 95.5 Å². The summed E-state index contributed by atoms with van der Waals surface area (Å²) in [7, 11) is 0. The van der Waals surface area contributed by atoms with E-state index in [-0.39, 0.29) is 23.3 Å². The van der Waals surface area contributed by atoms with E-state index in [1.54, 1.807) is 19.9 Å². The standard InChI is InChI=1S/C15H18N2O4/c1-8-5-11(6-12(9(8)2)15(20)21)17-14(19)10-3-4-13(18)16-7-10/h5-6,10H,3-4,7H2,1-2H3,(H,16,18)(H,17,19)(H,20,21). The van der Waals surface area contributed by atoms with Gasteiger partial charge in [0.1, 0.15) is 0 Å². The van der Waals surface area contributed by atoms with Gasteiger partial charge in [-0.15, -0.1) is 0 Å². The number of hydrogen-bond acceptors (Lipinski definition) is 3. The number of carboxylic acid groups (broad SMARTS) is 1. The number of carboxylic acids is 1. The predicted octanol–water partition coefficient (Wildman–Crippen LogP) is 1.47. The maximum absolute atomic E-state index is 12.1. The number of hydrogen-bond donors (Lipinski definition) is 3. The van der Waals surface area contributed by atoms with Crippen molar-refractivity contribution in [2.75, 3.05) is 11.9 Å². The van der Waals surface area contributed by atoms with Gasteiger partial charge < -0.3 is 15.7 Å². The van der Waals surface area contributed by atoms with Gasteiger partial charge in [-0.2, -0.15) is 0 Å². The third-order valence-electron chi connectivity index (χ3n) is 3.80. The van der Waals surface area contributed by atoms with Crippen LogP contribution in [0.3, 0.4) is 0 Å². The molecule has 1 atom stereocenters. The van der Waals surface area contributed by atoms with E-state index in [0.717, 1.165) is 5.56 Å². The van der Waals surface area contributed by atoms with Crippen LogP contribution in [-0.2, 0) is 9.59 Å².